The highest BCUT2D eigenvalue weighted by molar-refractivity contribution is 8.03. The van der Waals surface area contributed by atoms with E-state index < -0.39 is 10.7 Å². The van der Waals surface area contributed by atoms with Crippen LogP contribution in [0.1, 0.15) is 109 Å². The van der Waals surface area contributed by atoms with Crippen LogP contribution < -0.4 is 5.76 Å². The van der Waals surface area contributed by atoms with Gasteiger partial charge in [0.15, 0.2) is 0 Å². The minimum Gasteiger partial charge on any atom is -0.352 e. The molecule has 1 aliphatic heterocycles. The summed E-state index contributed by atoms with van der Waals surface area (Å²) >= 11 is 7.63. The van der Waals surface area contributed by atoms with E-state index in [-0.39, 0.29) is 0 Å². The fourth-order valence-corrected chi connectivity index (χ4v) is 5.65. The van der Waals surface area contributed by atoms with E-state index in [1.807, 2.05) is 36.6 Å². The van der Waals surface area contributed by atoms with Gasteiger partial charge in [-0.3, -0.25) is 4.52 Å². The van der Waals surface area contributed by atoms with Gasteiger partial charge in [-0.25, -0.2) is 9.36 Å². The average molecular weight is 507 g/mol. The molecule has 0 saturated heterocycles. The minimum atomic E-state index is -0.923. The second kappa shape index (κ2) is 14.2. The van der Waals surface area contributed by atoms with Crippen molar-refractivity contribution in [2.24, 2.45) is 0 Å². The summed E-state index contributed by atoms with van der Waals surface area (Å²) in [6.45, 7) is 4.72. The van der Waals surface area contributed by atoms with Crippen LogP contribution in [0, 0.1) is 0 Å². The van der Waals surface area contributed by atoms with Crippen molar-refractivity contribution < 1.29 is 9.26 Å². The number of halogens is 1. The van der Waals surface area contributed by atoms with E-state index >= 15 is 0 Å². The largest absolute Gasteiger partial charge is 0.446 e. The van der Waals surface area contributed by atoms with Gasteiger partial charge in [0.1, 0.15) is 0 Å². The average Bonchev–Trinajstić information content (AvgIpc) is 3.24. The molecule has 1 aromatic heterocycles. The number of unbranched alkanes of at least 4 members (excludes halogenated alkanes) is 12. The Morgan fingerprint density at radius 2 is 1.50 bits per heavy atom. The zero-order valence-corrected chi connectivity index (χ0v) is 22.3. The molecule has 3 rings (SSSR count). The van der Waals surface area contributed by atoms with Crippen molar-refractivity contribution in [2.75, 3.05) is 6.61 Å². The lowest BCUT2D eigenvalue weighted by Crippen LogP contribution is -2.35. The van der Waals surface area contributed by atoms with Crippen LogP contribution in [-0.2, 0) is 9.67 Å². The predicted octanol–water partition coefficient (Wildman–Crippen LogP) is 8.36. The van der Waals surface area contributed by atoms with Gasteiger partial charge in [-0.05, 0) is 30.9 Å². The van der Waals surface area contributed by atoms with E-state index in [1.54, 1.807) is 0 Å². The molecule has 1 aromatic carbocycles. The van der Waals surface area contributed by atoms with Gasteiger partial charge in [-0.2, -0.15) is 0 Å². The summed E-state index contributed by atoms with van der Waals surface area (Å²) in [6, 6.07) is 7.53. The molecule has 0 spiro atoms. The SMILES string of the molecule is CCCCCCCCCCCCCCCOC1(c2ccc(Cl)cc2)SC=C(C)n2c1noc2=O. The summed E-state index contributed by atoms with van der Waals surface area (Å²) in [6.07, 6.45) is 17.0. The number of benzene rings is 1. The highest BCUT2D eigenvalue weighted by Gasteiger charge is 2.44. The molecular weight excluding hydrogens is 468 g/mol. The molecule has 2 heterocycles. The van der Waals surface area contributed by atoms with Crippen LogP contribution in [0.15, 0.2) is 39.0 Å². The monoisotopic (exact) mass is 506 g/mol. The second-order valence-electron chi connectivity index (χ2n) is 9.20. The first kappa shape index (κ1) is 27.1. The normalized spacial score (nSPS) is 17.6. The van der Waals surface area contributed by atoms with Crippen molar-refractivity contribution in [2.45, 2.75) is 102 Å². The van der Waals surface area contributed by atoms with Gasteiger partial charge in [0, 0.05) is 22.9 Å². The quantitative estimate of drug-likeness (QED) is 0.214. The Bertz CT molecular complexity index is 954. The molecule has 0 amide bonds. The van der Waals surface area contributed by atoms with E-state index in [2.05, 4.69) is 12.1 Å². The van der Waals surface area contributed by atoms with E-state index in [1.165, 1.54) is 87.0 Å². The maximum Gasteiger partial charge on any atom is 0.446 e. The third-order valence-electron chi connectivity index (χ3n) is 6.42. The molecule has 0 bridgehead atoms. The number of allylic oxidation sites excluding steroid dienone is 1. The number of hydrogen-bond acceptors (Lipinski definition) is 5. The van der Waals surface area contributed by atoms with Gasteiger partial charge < -0.3 is 4.74 Å². The van der Waals surface area contributed by atoms with Crippen molar-refractivity contribution in [1.82, 2.24) is 9.72 Å². The molecule has 1 unspecified atom stereocenters. The standard InChI is InChI=1S/C27H39ClN2O3S/c1-3-4-5-6-7-8-9-10-11-12-13-14-15-20-32-27(23-16-18-24(28)19-17-23)25-29-33-26(31)30(25)22(2)21-34-27/h16-19,21H,3-15,20H2,1-2H3. The van der Waals surface area contributed by atoms with E-state index in [4.69, 9.17) is 20.9 Å². The molecule has 0 saturated carbocycles. The zero-order valence-electron chi connectivity index (χ0n) is 20.7. The Kier molecular flexibility index (Phi) is 11.3. The molecule has 1 atom stereocenters. The topological polar surface area (TPSA) is 57.3 Å². The fourth-order valence-electron chi connectivity index (χ4n) is 4.43. The van der Waals surface area contributed by atoms with Crippen molar-refractivity contribution in [3.05, 3.63) is 56.6 Å². The van der Waals surface area contributed by atoms with Crippen LogP contribution in [0.5, 0.6) is 0 Å². The first-order valence-corrected chi connectivity index (χ1v) is 14.2. The van der Waals surface area contributed by atoms with E-state index in [0.29, 0.717) is 17.5 Å². The smallest absolute Gasteiger partial charge is 0.352 e. The van der Waals surface area contributed by atoms with Crippen molar-refractivity contribution in [1.29, 1.82) is 0 Å². The molecule has 2 aromatic rings. The van der Waals surface area contributed by atoms with Gasteiger partial charge in [-0.1, -0.05) is 125 Å². The number of rotatable bonds is 16. The van der Waals surface area contributed by atoms with Gasteiger partial charge in [0.25, 0.3) is 0 Å². The third-order valence-corrected chi connectivity index (χ3v) is 8.00. The lowest BCUT2D eigenvalue weighted by Gasteiger charge is -2.34. The number of ether oxygens (including phenoxy) is 1. The first-order valence-electron chi connectivity index (χ1n) is 12.9. The lowest BCUT2D eigenvalue weighted by atomic mass is 10.0. The van der Waals surface area contributed by atoms with Crippen LogP contribution in [0.2, 0.25) is 5.02 Å². The second-order valence-corrected chi connectivity index (χ2v) is 10.7. The highest BCUT2D eigenvalue weighted by Crippen LogP contribution is 2.47. The molecule has 0 radical (unpaired) electrons. The van der Waals surface area contributed by atoms with Crippen LogP contribution >= 0.6 is 23.4 Å². The van der Waals surface area contributed by atoms with Gasteiger partial charge in [-0.15, -0.1) is 0 Å². The number of fused-ring (bicyclic) bond motifs is 1. The summed E-state index contributed by atoms with van der Waals surface area (Å²) in [5, 5.41) is 6.69. The lowest BCUT2D eigenvalue weighted by molar-refractivity contribution is 0.0408. The summed E-state index contributed by atoms with van der Waals surface area (Å²) in [7, 11) is 0. The third kappa shape index (κ3) is 7.25. The van der Waals surface area contributed by atoms with Crippen LogP contribution in [0.25, 0.3) is 5.70 Å². The molecule has 0 aliphatic carbocycles. The van der Waals surface area contributed by atoms with Crippen LogP contribution in [0.3, 0.4) is 0 Å². The maximum absolute atomic E-state index is 12.3. The number of nitrogens with zero attached hydrogens (tertiary/aromatic N) is 2. The van der Waals surface area contributed by atoms with Gasteiger partial charge in [0.05, 0.1) is 0 Å². The summed E-state index contributed by atoms with van der Waals surface area (Å²) in [5.41, 5.74) is 1.67. The molecule has 188 valence electrons. The Balaban J connectivity index is 1.44. The summed E-state index contributed by atoms with van der Waals surface area (Å²) in [5.74, 6) is -0.0218. The van der Waals surface area contributed by atoms with Crippen LogP contribution in [-0.4, -0.2) is 16.3 Å². The van der Waals surface area contributed by atoms with E-state index in [0.717, 1.165) is 24.1 Å². The zero-order chi connectivity index (χ0) is 24.2. The Hall–Kier alpha value is -1.50. The molecule has 0 N–H and O–H groups in total. The molecule has 0 fully saturated rings. The molecule has 34 heavy (non-hydrogen) atoms. The van der Waals surface area contributed by atoms with Crippen molar-refractivity contribution in [3.8, 4) is 0 Å². The van der Waals surface area contributed by atoms with Gasteiger partial charge in [0.2, 0.25) is 10.8 Å². The first-order chi connectivity index (χ1) is 16.6. The van der Waals surface area contributed by atoms with Crippen molar-refractivity contribution >= 4 is 29.1 Å². The minimum absolute atomic E-state index is 0.472. The maximum atomic E-state index is 12.3. The number of hydrogen-bond donors (Lipinski definition) is 0. The molecule has 5 nitrogen and oxygen atoms in total. The summed E-state index contributed by atoms with van der Waals surface area (Å²) < 4.78 is 13.0. The molecule has 1 aliphatic rings. The summed E-state index contributed by atoms with van der Waals surface area (Å²) in [4.78, 5) is 11.3. The Morgan fingerprint density at radius 3 is 2.09 bits per heavy atom. The predicted molar refractivity (Wildman–Crippen MR) is 142 cm³/mol. The van der Waals surface area contributed by atoms with Crippen LogP contribution in [0.4, 0.5) is 0 Å². The van der Waals surface area contributed by atoms with Gasteiger partial charge >= 0.3 is 5.76 Å². The number of thioether (sulfide) groups is 1. The van der Waals surface area contributed by atoms with E-state index in [9.17, 15) is 4.79 Å². The Morgan fingerprint density at radius 1 is 0.941 bits per heavy atom. The van der Waals surface area contributed by atoms with Crippen molar-refractivity contribution in [3.63, 3.8) is 0 Å². The molecule has 7 heteroatoms. The molecular formula is C27H39ClN2O3S. The Labute approximate surface area is 213 Å². The highest BCUT2D eigenvalue weighted by atomic mass is 35.5. The fraction of sp³-hybridized carbons (Fsp3) is 0.630. The number of aromatic nitrogens is 2.